The van der Waals surface area contributed by atoms with Crippen molar-refractivity contribution in [2.24, 2.45) is 0 Å². The van der Waals surface area contributed by atoms with E-state index in [1.165, 1.54) is 37.6 Å². The van der Waals surface area contributed by atoms with Gasteiger partial charge in [-0.1, -0.05) is 35.9 Å². The lowest BCUT2D eigenvalue weighted by molar-refractivity contribution is 0.0935. The van der Waals surface area contributed by atoms with Crippen molar-refractivity contribution in [3.05, 3.63) is 70.2 Å². The third kappa shape index (κ3) is 4.84. The Morgan fingerprint density at radius 1 is 1.10 bits per heavy atom. The van der Waals surface area contributed by atoms with E-state index in [9.17, 15) is 13.2 Å². The van der Waals surface area contributed by atoms with Crippen molar-refractivity contribution in [1.29, 1.82) is 0 Å². The molecule has 1 heterocycles. The van der Waals surface area contributed by atoms with Gasteiger partial charge in [0.25, 0.3) is 5.91 Å². The van der Waals surface area contributed by atoms with Gasteiger partial charge >= 0.3 is 0 Å². The molecule has 0 aliphatic heterocycles. The monoisotopic (exact) mass is 449 g/mol. The molecule has 0 saturated carbocycles. The molecule has 0 radical (unpaired) electrons. The number of hydrogen-bond acceptors (Lipinski definition) is 5. The van der Waals surface area contributed by atoms with E-state index >= 15 is 0 Å². The molecular formula is C20H20ClN3O3S2. The summed E-state index contributed by atoms with van der Waals surface area (Å²) in [4.78, 5) is 17.2. The number of nitrogens with one attached hydrogen (secondary N) is 1. The molecule has 3 rings (SSSR count). The van der Waals surface area contributed by atoms with Crippen LogP contribution in [-0.2, 0) is 10.0 Å². The molecule has 152 valence electrons. The first kappa shape index (κ1) is 21.4. The minimum atomic E-state index is -3.48. The van der Waals surface area contributed by atoms with Crippen LogP contribution in [0, 0.1) is 0 Å². The fourth-order valence-electron chi connectivity index (χ4n) is 2.60. The predicted molar refractivity (Wildman–Crippen MR) is 116 cm³/mol. The number of rotatable bonds is 6. The minimum absolute atomic E-state index is 0.205. The zero-order valence-electron chi connectivity index (χ0n) is 16.1. The van der Waals surface area contributed by atoms with Gasteiger partial charge in [0.05, 0.1) is 10.9 Å². The van der Waals surface area contributed by atoms with Crippen LogP contribution in [0.4, 0.5) is 0 Å². The van der Waals surface area contributed by atoms with Crippen LogP contribution in [0.15, 0.2) is 58.8 Å². The number of thiazole rings is 1. The molecule has 2 aromatic carbocycles. The van der Waals surface area contributed by atoms with E-state index in [-0.39, 0.29) is 16.8 Å². The van der Waals surface area contributed by atoms with Crippen LogP contribution in [0.3, 0.4) is 0 Å². The molecule has 3 aromatic rings. The molecule has 6 nitrogen and oxygen atoms in total. The van der Waals surface area contributed by atoms with Crippen molar-refractivity contribution < 1.29 is 13.2 Å². The summed E-state index contributed by atoms with van der Waals surface area (Å²) in [5.41, 5.74) is 2.02. The summed E-state index contributed by atoms with van der Waals surface area (Å²) >= 11 is 7.28. The van der Waals surface area contributed by atoms with Gasteiger partial charge in [0, 0.05) is 30.1 Å². The minimum Gasteiger partial charge on any atom is -0.344 e. The van der Waals surface area contributed by atoms with Gasteiger partial charge in [-0.05, 0) is 36.8 Å². The second-order valence-corrected chi connectivity index (χ2v) is 10.0. The van der Waals surface area contributed by atoms with E-state index in [4.69, 9.17) is 11.6 Å². The third-order valence-electron chi connectivity index (χ3n) is 4.33. The number of sulfonamides is 1. The van der Waals surface area contributed by atoms with Gasteiger partial charge < -0.3 is 5.32 Å². The van der Waals surface area contributed by atoms with E-state index in [0.29, 0.717) is 10.7 Å². The molecule has 0 spiro atoms. The summed E-state index contributed by atoms with van der Waals surface area (Å²) in [5.74, 6) is -0.293. The van der Waals surface area contributed by atoms with Gasteiger partial charge in [0.15, 0.2) is 0 Å². The number of amides is 1. The molecule has 9 heteroatoms. The van der Waals surface area contributed by atoms with Gasteiger partial charge in [-0.2, -0.15) is 0 Å². The van der Waals surface area contributed by atoms with E-state index in [2.05, 4.69) is 10.3 Å². The summed E-state index contributed by atoms with van der Waals surface area (Å²) < 4.78 is 25.5. The molecule has 0 aliphatic rings. The first-order chi connectivity index (χ1) is 13.7. The normalized spacial score (nSPS) is 12.7. The maximum atomic E-state index is 12.6. The summed E-state index contributed by atoms with van der Waals surface area (Å²) in [6.45, 7) is 1.83. The van der Waals surface area contributed by atoms with Crippen molar-refractivity contribution in [2.75, 3.05) is 14.1 Å². The van der Waals surface area contributed by atoms with Crippen LogP contribution in [0.5, 0.6) is 0 Å². The average Bonchev–Trinajstić information content (AvgIpc) is 3.19. The smallest absolute Gasteiger partial charge is 0.271 e. The Kier molecular flexibility index (Phi) is 6.38. The summed E-state index contributed by atoms with van der Waals surface area (Å²) in [5, 5.41) is 5.97. The molecule has 0 bridgehead atoms. The van der Waals surface area contributed by atoms with Crippen LogP contribution in [0.25, 0.3) is 10.6 Å². The maximum Gasteiger partial charge on any atom is 0.271 e. The number of hydrogen-bond donors (Lipinski definition) is 1. The van der Waals surface area contributed by atoms with Crippen LogP contribution in [-0.4, -0.2) is 37.7 Å². The lowest BCUT2D eigenvalue weighted by atomic mass is 10.1. The van der Waals surface area contributed by atoms with Crippen molar-refractivity contribution in [2.45, 2.75) is 17.9 Å². The predicted octanol–water partition coefficient (Wildman–Crippen LogP) is 4.20. The highest BCUT2D eigenvalue weighted by Crippen LogP contribution is 2.25. The van der Waals surface area contributed by atoms with Gasteiger partial charge in [0.1, 0.15) is 10.7 Å². The molecule has 1 amide bonds. The molecule has 29 heavy (non-hydrogen) atoms. The maximum absolute atomic E-state index is 12.6. The number of halogens is 1. The van der Waals surface area contributed by atoms with Crippen molar-refractivity contribution in [1.82, 2.24) is 14.6 Å². The molecule has 1 N–H and O–H groups in total. The van der Waals surface area contributed by atoms with Crippen LogP contribution >= 0.6 is 22.9 Å². The van der Waals surface area contributed by atoms with Crippen molar-refractivity contribution in [3.8, 4) is 10.6 Å². The molecule has 1 atom stereocenters. The Bertz CT molecular complexity index is 1110. The van der Waals surface area contributed by atoms with Crippen molar-refractivity contribution >= 4 is 38.9 Å². The Labute approximate surface area is 179 Å². The van der Waals surface area contributed by atoms with Crippen molar-refractivity contribution in [3.63, 3.8) is 0 Å². The molecule has 1 unspecified atom stereocenters. The zero-order valence-corrected chi connectivity index (χ0v) is 18.5. The standard InChI is InChI=1S/C20H20ClN3O3S2/c1-13(14-6-10-17(11-7-14)29(26,27)24(2)3)22-19(25)18-12-28-20(23-18)15-4-8-16(21)9-5-15/h4-13H,1-3H3,(H,22,25). The van der Waals surface area contributed by atoms with E-state index in [1.54, 1.807) is 29.6 Å². The number of aromatic nitrogens is 1. The van der Waals surface area contributed by atoms with Gasteiger partial charge in [-0.3, -0.25) is 4.79 Å². The van der Waals surface area contributed by atoms with Crippen LogP contribution < -0.4 is 5.32 Å². The summed E-state index contributed by atoms with van der Waals surface area (Å²) in [6, 6.07) is 13.4. The van der Waals surface area contributed by atoms with E-state index in [0.717, 1.165) is 20.4 Å². The first-order valence-electron chi connectivity index (χ1n) is 8.73. The second-order valence-electron chi connectivity index (χ2n) is 6.60. The Morgan fingerprint density at radius 2 is 1.72 bits per heavy atom. The third-order valence-corrected chi connectivity index (χ3v) is 7.31. The fourth-order valence-corrected chi connectivity index (χ4v) is 4.43. The van der Waals surface area contributed by atoms with Gasteiger partial charge in [0.2, 0.25) is 10.0 Å². The summed E-state index contributed by atoms with van der Waals surface area (Å²) in [6.07, 6.45) is 0. The van der Waals surface area contributed by atoms with Crippen LogP contribution in [0.2, 0.25) is 5.02 Å². The van der Waals surface area contributed by atoms with Crippen LogP contribution in [0.1, 0.15) is 29.0 Å². The van der Waals surface area contributed by atoms with Gasteiger partial charge in [-0.15, -0.1) is 11.3 Å². The highest BCUT2D eigenvalue weighted by atomic mass is 35.5. The molecule has 1 aromatic heterocycles. The Balaban J connectivity index is 1.70. The lowest BCUT2D eigenvalue weighted by Crippen LogP contribution is -2.27. The molecule has 0 aliphatic carbocycles. The number of carbonyl (C=O) groups is 1. The largest absolute Gasteiger partial charge is 0.344 e. The highest BCUT2D eigenvalue weighted by Gasteiger charge is 2.19. The van der Waals surface area contributed by atoms with E-state index < -0.39 is 10.0 Å². The quantitative estimate of drug-likeness (QED) is 0.611. The molecule has 0 fully saturated rings. The summed E-state index contributed by atoms with van der Waals surface area (Å²) in [7, 11) is -0.514. The number of nitrogens with zero attached hydrogens (tertiary/aromatic N) is 2. The molecular weight excluding hydrogens is 430 g/mol. The topological polar surface area (TPSA) is 79.4 Å². The number of carbonyl (C=O) groups excluding carboxylic acids is 1. The molecule has 0 saturated heterocycles. The second kappa shape index (κ2) is 8.62. The lowest BCUT2D eigenvalue weighted by Gasteiger charge is -2.15. The Morgan fingerprint density at radius 3 is 2.31 bits per heavy atom. The average molecular weight is 450 g/mol. The Hall–Kier alpha value is -2.26. The zero-order chi connectivity index (χ0) is 21.2. The SMILES string of the molecule is CC(NC(=O)c1csc(-c2ccc(Cl)cc2)n1)c1ccc(S(=O)(=O)N(C)C)cc1. The van der Waals surface area contributed by atoms with E-state index in [1.807, 2.05) is 19.1 Å². The first-order valence-corrected chi connectivity index (χ1v) is 11.4. The number of benzene rings is 2. The fraction of sp³-hybridized carbons (Fsp3) is 0.200. The van der Waals surface area contributed by atoms with Gasteiger partial charge in [-0.25, -0.2) is 17.7 Å². The highest BCUT2D eigenvalue weighted by molar-refractivity contribution is 7.89.